The third-order valence-electron chi connectivity index (χ3n) is 4.67. The molecule has 168 valence electrons. The summed E-state index contributed by atoms with van der Waals surface area (Å²) in [6, 6.07) is 15.0. The van der Waals surface area contributed by atoms with E-state index in [1.165, 1.54) is 0 Å². The number of hydrogen-bond donors (Lipinski definition) is 2. The van der Waals surface area contributed by atoms with Crippen molar-refractivity contribution in [3.8, 4) is 5.75 Å². The van der Waals surface area contributed by atoms with E-state index in [-0.39, 0.29) is 24.9 Å². The van der Waals surface area contributed by atoms with Gasteiger partial charge in [-0.2, -0.15) is 0 Å². The Labute approximate surface area is 189 Å². The van der Waals surface area contributed by atoms with E-state index in [2.05, 4.69) is 10.6 Å². The van der Waals surface area contributed by atoms with Crippen LogP contribution in [0.1, 0.15) is 32.8 Å². The second-order valence-electron chi connectivity index (χ2n) is 6.93. The van der Waals surface area contributed by atoms with Crippen molar-refractivity contribution in [3.63, 3.8) is 0 Å². The van der Waals surface area contributed by atoms with Gasteiger partial charge in [0, 0.05) is 11.6 Å². The van der Waals surface area contributed by atoms with Crippen molar-refractivity contribution >= 4 is 29.1 Å². The highest BCUT2D eigenvalue weighted by molar-refractivity contribution is 6.30. The van der Waals surface area contributed by atoms with Crippen LogP contribution in [0.5, 0.6) is 5.75 Å². The molecule has 0 bridgehead atoms. The van der Waals surface area contributed by atoms with E-state index in [4.69, 9.17) is 16.3 Å². The molecule has 1 atom stereocenters. The number of nitrogens with one attached hydrogen (secondary N) is 2. The molecule has 1 unspecified atom stereocenters. The summed E-state index contributed by atoms with van der Waals surface area (Å²) in [4.78, 5) is 26.9. The largest absolute Gasteiger partial charge is 0.477 e. The van der Waals surface area contributed by atoms with Crippen molar-refractivity contribution < 1.29 is 14.3 Å². The number of benzene rings is 2. The van der Waals surface area contributed by atoms with Crippen molar-refractivity contribution in [2.75, 3.05) is 31.1 Å². The minimum atomic E-state index is -0.716. The molecule has 0 saturated heterocycles. The van der Waals surface area contributed by atoms with Crippen LogP contribution in [0, 0.1) is 0 Å². The van der Waals surface area contributed by atoms with E-state index >= 15 is 0 Å². The fraction of sp³-hybridized carbons (Fsp3) is 0.417. The van der Waals surface area contributed by atoms with Crippen LogP contribution in [-0.2, 0) is 16.0 Å². The number of anilines is 1. The molecule has 3 rings (SSSR count). The van der Waals surface area contributed by atoms with Gasteiger partial charge in [-0.15, -0.1) is 0 Å². The highest BCUT2D eigenvalue weighted by Gasteiger charge is 2.33. The predicted molar refractivity (Wildman–Crippen MR) is 126 cm³/mol. The van der Waals surface area contributed by atoms with Crippen LogP contribution in [0.4, 0.5) is 5.69 Å². The lowest BCUT2D eigenvalue weighted by Crippen LogP contribution is -2.52. The molecule has 0 spiro atoms. The van der Waals surface area contributed by atoms with Gasteiger partial charge in [0.25, 0.3) is 5.91 Å². The molecule has 1 aliphatic rings. The zero-order valence-corrected chi connectivity index (χ0v) is 19.2. The Hall–Kier alpha value is -2.57. The van der Waals surface area contributed by atoms with E-state index in [0.717, 1.165) is 18.4 Å². The number of halogens is 1. The molecule has 0 fully saturated rings. The Balaban J connectivity index is 0.00000166. The molecule has 7 heteroatoms. The summed E-state index contributed by atoms with van der Waals surface area (Å²) in [7, 11) is 0. The third-order valence-corrected chi connectivity index (χ3v) is 4.91. The lowest BCUT2D eigenvalue weighted by Gasteiger charge is -2.34. The Morgan fingerprint density at radius 2 is 1.90 bits per heavy atom. The highest BCUT2D eigenvalue weighted by Crippen LogP contribution is 2.33. The number of fused-ring (bicyclic) bond motifs is 1. The zero-order chi connectivity index (χ0) is 22.6. The molecule has 0 aromatic heterocycles. The van der Waals surface area contributed by atoms with Crippen LogP contribution < -0.4 is 20.3 Å². The second-order valence-corrected chi connectivity index (χ2v) is 7.36. The molecule has 31 heavy (non-hydrogen) atoms. The molecule has 0 radical (unpaired) electrons. The van der Waals surface area contributed by atoms with Gasteiger partial charge in [0.1, 0.15) is 5.75 Å². The van der Waals surface area contributed by atoms with E-state index in [0.29, 0.717) is 29.5 Å². The lowest BCUT2D eigenvalue weighted by atomic mass is 10.1. The second kappa shape index (κ2) is 13.0. The van der Waals surface area contributed by atoms with Crippen LogP contribution in [0.3, 0.4) is 0 Å². The standard InChI is InChI=1S/C22H26ClN3O3.C2H6/c1-2-11-25-22(28)20-15-26(18-8-3-4-9-19(18)29-20)21(27)14-24-12-10-16-6-5-7-17(23)13-16;1-2/h3-9,13,20,24H,2,10-12,14-15H2,1H3,(H,25,28);1-2H3. The topological polar surface area (TPSA) is 70.7 Å². The molecule has 2 aromatic carbocycles. The predicted octanol–water partition coefficient (Wildman–Crippen LogP) is 3.82. The molecule has 2 amide bonds. The molecule has 0 saturated carbocycles. The Morgan fingerprint density at radius 3 is 2.65 bits per heavy atom. The van der Waals surface area contributed by atoms with Gasteiger partial charge < -0.3 is 20.3 Å². The first kappa shape index (κ1) is 24.7. The maximum absolute atomic E-state index is 12.9. The molecule has 2 aromatic rings. The van der Waals surface area contributed by atoms with Crippen LogP contribution in [0.25, 0.3) is 0 Å². The normalized spacial score (nSPS) is 14.6. The zero-order valence-electron chi connectivity index (χ0n) is 18.5. The first-order valence-electron chi connectivity index (χ1n) is 10.9. The fourth-order valence-corrected chi connectivity index (χ4v) is 3.40. The van der Waals surface area contributed by atoms with Gasteiger partial charge in [0.05, 0.1) is 18.8 Å². The SMILES string of the molecule is CC.CCCNC(=O)C1CN(C(=O)CNCCc2cccc(Cl)c2)c2ccccc2O1. The quantitative estimate of drug-likeness (QED) is 0.606. The van der Waals surface area contributed by atoms with E-state index in [1.807, 2.05) is 63.2 Å². The van der Waals surface area contributed by atoms with Gasteiger partial charge in [-0.05, 0) is 49.2 Å². The average Bonchev–Trinajstić information content (AvgIpc) is 2.80. The summed E-state index contributed by atoms with van der Waals surface area (Å²) in [5, 5.41) is 6.73. The van der Waals surface area contributed by atoms with E-state index in [1.54, 1.807) is 11.0 Å². The van der Waals surface area contributed by atoms with Crippen molar-refractivity contribution in [2.24, 2.45) is 0 Å². The smallest absolute Gasteiger partial charge is 0.262 e. The third kappa shape index (κ3) is 7.26. The first-order chi connectivity index (χ1) is 15.1. The fourth-order valence-electron chi connectivity index (χ4n) is 3.19. The van der Waals surface area contributed by atoms with Crippen molar-refractivity contribution in [2.45, 2.75) is 39.7 Å². The summed E-state index contributed by atoms with van der Waals surface area (Å²) < 4.78 is 5.83. The van der Waals surface area contributed by atoms with Crippen LogP contribution in [0.15, 0.2) is 48.5 Å². The molecular weight excluding hydrogens is 414 g/mol. The molecule has 2 N–H and O–H groups in total. The number of nitrogens with zero attached hydrogens (tertiary/aromatic N) is 1. The summed E-state index contributed by atoms with van der Waals surface area (Å²) in [5.74, 6) is 0.246. The number of para-hydroxylation sites is 2. The van der Waals surface area contributed by atoms with Crippen LogP contribution in [0.2, 0.25) is 5.02 Å². The number of carbonyl (C=O) groups excluding carboxylic acids is 2. The first-order valence-corrected chi connectivity index (χ1v) is 11.2. The van der Waals surface area contributed by atoms with Crippen LogP contribution >= 0.6 is 11.6 Å². The van der Waals surface area contributed by atoms with Gasteiger partial charge in [0.2, 0.25) is 5.91 Å². The van der Waals surface area contributed by atoms with Gasteiger partial charge >= 0.3 is 0 Å². The minimum absolute atomic E-state index is 0.0971. The minimum Gasteiger partial charge on any atom is -0.477 e. The summed E-state index contributed by atoms with van der Waals surface area (Å²) >= 11 is 6.00. The highest BCUT2D eigenvalue weighted by atomic mass is 35.5. The lowest BCUT2D eigenvalue weighted by molar-refractivity contribution is -0.128. The van der Waals surface area contributed by atoms with Gasteiger partial charge in [-0.3, -0.25) is 9.59 Å². The Kier molecular flexibility index (Phi) is 10.3. The van der Waals surface area contributed by atoms with E-state index < -0.39 is 6.10 Å². The van der Waals surface area contributed by atoms with E-state index in [9.17, 15) is 9.59 Å². The molecule has 6 nitrogen and oxygen atoms in total. The van der Waals surface area contributed by atoms with Crippen molar-refractivity contribution in [1.29, 1.82) is 0 Å². The van der Waals surface area contributed by atoms with Crippen molar-refractivity contribution in [3.05, 3.63) is 59.1 Å². The number of amides is 2. The van der Waals surface area contributed by atoms with Gasteiger partial charge in [-0.1, -0.05) is 56.6 Å². The molecular formula is C24H32ClN3O3. The summed E-state index contributed by atoms with van der Waals surface area (Å²) in [6.07, 6.45) is 0.899. The number of hydrogen-bond acceptors (Lipinski definition) is 4. The molecule has 1 heterocycles. The molecule has 0 aliphatic carbocycles. The number of rotatable bonds is 8. The molecule has 1 aliphatic heterocycles. The maximum Gasteiger partial charge on any atom is 0.262 e. The van der Waals surface area contributed by atoms with Gasteiger partial charge in [0.15, 0.2) is 6.10 Å². The average molecular weight is 446 g/mol. The number of carbonyl (C=O) groups is 2. The van der Waals surface area contributed by atoms with Crippen molar-refractivity contribution in [1.82, 2.24) is 10.6 Å². The summed E-state index contributed by atoms with van der Waals surface area (Å²) in [5.41, 5.74) is 1.80. The number of ether oxygens (including phenoxy) is 1. The maximum atomic E-state index is 12.9. The summed E-state index contributed by atoms with van der Waals surface area (Å²) in [6.45, 7) is 7.60. The van der Waals surface area contributed by atoms with Crippen LogP contribution in [-0.4, -0.2) is 44.1 Å². The van der Waals surface area contributed by atoms with Gasteiger partial charge in [-0.25, -0.2) is 0 Å². The Morgan fingerprint density at radius 1 is 1.13 bits per heavy atom. The monoisotopic (exact) mass is 445 g/mol. The Bertz CT molecular complexity index is 859.